The van der Waals surface area contributed by atoms with Gasteiger partial charge in [-0.15, -0.1) is 0 Å². The van der Waals surface area contributed by atoms with Gasteiger partial charge in [-0.1, -0.05) is 59.7 Å². The van der Waals surface area contributed by atoms with Crippen LogP contribution in [0.2, 0.25) is 0 Å². The van der Waals surface area contributed by atoms with Gasteiger partial charge in [0, 0.05) is 0 Å². The van der Waals surface area contributed by atoms with Crippen molar-refractivity contribution in [1.29, 1.82) is 0 Å². The zero-order valence-electron chi connectivity index (χ0n) is 6.17. The summed E-state index contributed by atoms with van der Waals surface area (Å²) in [5.41, 5.74) is 0. The summed E-state index contributed by atoms with van der Waals surface area (Å²) in [4.78, 5) is 0. The first-order chi connectivity index (χ1) is 4.62. The molecule has 0 heterocycles. The molecule has 0 bridgehead atoms. The first-order valence-electron chi connectivity index (χ1n) is 3.21. The second-order valence-corrected chi connectivity index (χ2v) is 15.9. The van der Waals surface area contributed by atoms with E-state index in [1.54, 1.807) is 22.8 Å². The summed E-state index contributed by atoms with van der Waals surface area (Å²) in [5.74, 6) is 2.14. The molecular weight excluding hydrogens is 223 g/mol. The molecule has 0 N–H and O–H groups in total. The standard InChI is InChI=1S/C5H12ClPS3/c1-3-5-10-7(6,8)9-4-2/h3-5H2,1-2H3. The SMILES string of the molecule is CCCSP(=S)(Cl)SCC. The number of rotatable bonds is 5. The minimum atomic E-state index is -1.57. The molecule has 10 heavy (non-hydrogen) atoms. The van der Waals surface area contributed by atoms with Gasteiger partial charge >= 0.3 is 0 Å². The van der Waals surface area contributed by atoms with E-state index in [2.05, 4.69) is 13.8 Å². The Kier molecular flexibility index (Phi) is 7.20. The van der Waals surface area contributed by atoms with Crippen LogP contribution >= 0.6 is 37.8 Å². The maximum absolute atomic E-state index is 6.07. The first-order valence-corrected chi connectivity index (χ1v) is 10.1. The molecule has 0 aromatic carbocycles. The molecule has 0 rings (SSSR count). The molecule has 1 atom stereocenters. The van der Waals surface area contributed by atoms with Crippen molar-refractivity contribution in [2.75, 3.05) is 11.5 Å². The minimum absolute atomic E-state index is 1.04. The Labute approximate surface area is 81.2 Å². The van der Waals surface area contributed by atoms with Crippen LogP contribution in [0.1, 0.15) is 20.3 Å². The fraction of sp³-hybridized carbons (Fsp3) is 1.00. The molecule has 0 aliphatic carbocycles. The average molecular weight is 235 g/mol. The van der Waals surface area contributed by atoms with Gasteiger partial charge in [0.05, 0.1) is 0 Å². The van der Waals surface area contributed by atoms with Gasteiger partial charge in [-0.25, -0.2) is 0 Å². The monoisotopic (exact) mass is 234 g/mol. The maximum Gasteiger partial charge on any atom is 0.140 e. The molecule has 0 amide bonds. The van der Waals surface area contributed by atoms with E-state index < -0.39 is 3.79 Å². The fourth-order valence-electron chi connectivity index (χ4n) is 0.392. The molecule has 0 saturated carbocycles. The van der Waals surface area contributed by atoms with E-state index in [9.17, 15) is 0 Å². The Morgan fingerprint density at radius 3 is 2.40 bits per heavy atom. The summed E-state index contributed by atoms with van der Waals surface area (Å²) in [5, 5.41) is 0. The van der Waals surface area contributed by atoms with E-state index >= 15 is 0 Å². The highest BCUT2D eigenvalue weighted by molar-refractivity contribution is 9.06. The summed E-state index contributed by atoms with van der Waals surface area (Å²) >= 11 is 14.8. The molecule has 5 heteroatoms. The Morgan fingerprint density at radius 1 is 1.40 bits per heavy atom. The van der Waals surface area contributed by atoms with E-state index in [-0.39, 0.29) is 0 Å². The third-order valence-electron chi connectivity index (χ3n) is 0.733. The van der Waals surface area contributed by atoms with E-state index in [1.165, 1.54) is 6.42 Å². The highest BCUT2D eigenvalue weighted by Gasteiger charge is 2.11. The number of hydrogen-bond acceptors (Lipinski definition) is 3. The van der Waals surface area contributed by atoms with E-state index in [4.69, 9.17) is 23.0 Å². The van der Waals surface area contributed by atoms with Gasteiger partial charge in [0.15, 0.2) is 0 Å². The average Bonchev–Trinajstić information content (AvgIpc) is 1.84. The Morgan fingerprint density at radius 2 is 2.00 bits per heavy atom. The van der Waals surface area contributed by atoms with Crippen LogP contribution in [0, 0.1) is 0 Å². The van der Waals surface area contributed by atoms with Crippen LogP contribution in [0.25, 0.3) is 0 Å². The Bertz CT molecular complexity index is 128. The highest BCUT2D eigenvalue weighted by Crippen LogP contribution is 2.73. The van der Waals surface area contributed by atoms with Crippen LogP contribution in [-0.4, -0.2) is 11.5 Å². The van der Waals surface area contributed by atoms with Gasteiger partial charge < -0.3 is 0 Å². The first kappa shape index (κ1) is 11.6. The van der Waals surface area contributed by atoms with Crippen molar-refractivity contribution in [2.24, 2.45) is 0 Å². The van der Waals surface area contributed by atoms with Gasteiger partial charge in [0.2, 0.25) is 0 Å². The Hall–Kier alpha value is 1.64. The summed E-state index contributed by atoms with van der Waals surface area (Å²) in [6.45, 7) is 4.25. The molecule has 0 aromatic heterocycles. The second-order valence-electron chi connectivity index (χ2n) is 1.68. The van der Waals surface area contributed by atoms with Crippen molar-refractivity contribution in [3.05, 3.63) is 0 Å². The quantitative estimate of drug-likeness (QED) is 0.650. The van der Waals surface area contributed by atoms with Crippen LogP contribution in [-0.2, 0) is 11.8 Å². The summed E-state index contributed by atoms with van der Waals surface area (Å²) in [7, 11) is 0. The molecule has 0 aliphatic heterocycles. The van der Waals surface area contributed by atoms with Crippen molar-refractivity contribution in [2.45, 2.75) is 20.3 Å². The molecular formula is C5H12ClPS3. The predicted octanol–water partition coefficient (Wildman–Crippen LogP) is 4.35. The van der Waals surface area contributed by atoms with Crippen LogP contribution < -0.4 is 0 Å². The van der Waals surface area contributed by atoms with Crippen molar-refractivity contribution >= 4 is 49.6 Å². The summed E-state index contributed by atoms with van der Waals surface area (Å²) in [6.07, 6.45) is 1.17. The van der Waals surface area contributed by atoms with Gasteiger partial charge in [-0.3, -0.25) is 0 Å². The Balaban J connectivity index is 3.53. The normalized spacial score (nSPS) is 16.7. The van der Waals surface area contributed by atoms with Crippen LogP contribution in [0.5, 0.6) is 0 Å². The van der Waals surface area contributed by atoms with Crippen molar-refractivity contribution in [3.63, 3.8) is 0 Å². The summed E-state index contributed by atoms with van der Waals surface area (Å²) < 4.78 is -1.57. The van der Waals surface area contributed by atoms with Crippen LogP contribution in [0.3, 0.4) is 0 Å². The molecule has 0 spiro atoms. The lowest BCUT2D eigenvalue weighted by Gasteiger charge is -2.09. The third-order valence-corrected chi connectivity index (χ3v) is 10.9. The van der Waals surface area contributed by atoms with E-state index in [0.717, 1.165) is 11.5 Å². The van der Waals surface area contributed by atoms with Crippen molar-refractivity contribution in [3.8, 4) is 0 Å². The highest BCUT2D eigenvalue weighted by atomic mass is 35.7. The molecule has 0 fully saturated rings. The molecule has 62 valence electrons. The zero-order valence-corrected chi connectivity index (χ0v) is 10.3. The third kappa shape index (κ3) is 6.36. The van der Waals surface area contributed by atoms with E-state index in [1.807, 2.05) is 0 Å². The number of hydrogen-bond donors (Lipinski definition) is 0. The predicted molar refractivity (Wildman–Crippen MR) is 61.0 cm³/mol. The summed E-state index contributed by atoms with van der Waals surface area (Å²) in [6, 6.07) is 0. The van der Waals surface area contributed by atoms with Crippen molar-refractivity contribution < 1.29 is 0 Å². The molecule has 0 radical (unpaired) electrons. The molecule has 0 nitrogen and oxygen atoms in total. The second kappa shape index (κ2) is 6.19. The lowest BCUT2D eigenvalue weighted by molar-refractivity contribution is 1.11. The van der Waals surface area contributed by atoms with Crippen molar-refractivity contribution in [1.82, 2.24) is 0 Å². The minimum Gasteiger partial charge on any atom is -0.0998 e. The number of halogens is 1. The molecule has 0 aromatic rings. The van der Waals surface area contributed by atoms with Gasteiger partial charge in [-0.2, -0.15) is 0 Å². The largest absolute Gasteiger partial charge is 0.140 e. The lowest BCUT2D eigenvalue weighted by atomic mass is 10.6. The molecule has 0 aliphatic rings. The lowest BCUT2D eigenvalue weighted by Crippen LogP contribution is -1.69. The van der Waals surface area contributed by atoms with Gasteiger partial charge in [0.1, 0.15) is 3.79 Å². The molecule has 1 unspecified atom stereocenters. The topological polar surface area (TPSA) is 0 Å². The molecule has 0 saturated heterocycles. The zero-order chi connectivity index (χ0) is 8.04. The van der Waals surface area contributed by atoms with Gasteiger partial charge in [-0.05, 0) is 17.9 Å². The van der Waals surface area contributed by atoms with E-state index in [0.29, 0.717) is 0 Å². The maximum atomic E-state index is 6.07. The smallest absolute Gasteiger partial charge is 0.0998 e. The van der Waals surface area contributed by atoms with Crippen LogP contribution in [0.15, 0.2) is 0 Å². The van der Waals surface area contributed by atoms with Gasteiger partial charge in [0.25, 0.3) is 0 Å². The van der Waals surface area contributed by atoms with Crippen LogP contribution in [0.4, 0.5) is 0 Å². The fourth-order valence-corrected chi connectivity index (χ4v) is 8.94.